The van der Waals surface area contributed by atoms with Gasteiger partial charge in [-0.15, -0.1) is 0 Å². The Morgan fingerprint density at radius 2 is 2.00 bits per heavy atom. The normalized spacial score (nSPS) is 12.3. The summed E-state index contributed by atoms with van der Waals surface area (Å²) in [5.41, 5.74) is 2.82. The molecule has 1 atom stereocenters. The molecular weight excluding hydrogens is 380 g/mol. The largest absolute Gasteiger partial charge is 0.508 e. The predicted octanol–water partition coefficient (Wildman–Crippen LogP) is 3.85. The van der Waals surface area contributed by atoms with Crippen LogP contribution < -0.4 is 0 Å². The SMILES string of the molecule is COC(=O)CC(c1ccc(Br)cc1)c1c(O)ccc2nsnc12. The summed E-state index contributed by atoms with van der Waals surface area (Å²) >= 11 is 4.48. The lowest BCUT2D eigenvalue weighted by Crippen LogP contribution is -2.11. The summed E-state index contributed by atoms with van der Waals surface area (Å²) in [4.78, 5) is 11.9. The molecule has 0 aliphatic heterocycles. The molecule has 0 radical (unpaired) electrons. The van der Waals surface area contributed by atoms with Gasteiger partial charge in [0, 0.05) is 16.0 Å². The molecule has 0 saturated carbocycles. The molecule has 5 nitrogen and oxygen atoms in total. The second-order valence-electron chi connectivity index (χ2n) is 5.01. The Kier molecular flexibility index (Phi) is 4.58. The number of nitrogens with zero attached hydrogens (tertiary/aromatic N) is 2. The second-order valence-corrected chi connectivity index (χ2v) is 6.46. The summed E-state index contributed by atoms with van der Waals surface area (Å²) in [6, 6.07) is 10.9. The molecule has 3 aromatic rings. The highest BCUT2D eigenvalue weighted by molar-refractivity contribution is 9.10. The Balaban J connectivity index is 2.17. The van der Waals surface area contributed by atoms with Crippen LogP contribution in [-0.4, -0.2) is 26.9 Å². The van der Waals surface area contributed by atoms with E-state index in [9.17, 15) is 9.90 Å². The van der Waals surface area contributed by atoms with Gasteiger partial charge in [-0.3, -0.25) is 4.79 Å². The zero-order valence-electron chi connectivity index (χ0n) is 12.2. The minimum Gasteiger partial charge on any atom is -0.508 e. The van der Waals surface area contributed by atoms with E-state index in [1.165, 1.54) is 7.11 Å². The smallest absolute Gasteiger partial charge is 0.306 e. The van der Waals surface area contributed by atoms with E-state index in [0.717, 1.165) is 21.8 Å². The number of fused-ring (bicyclic) bond motifs is 1. The van der Waals surface area contributed by atoms with Crippen molar-refractivity contribution in [2.75, 3.05) is 7.11 Å². The topological polar surface area (TPSA) is 72.3 Å². The maximum absolute atomic E-state index is 11.9. The molecule has 23 heavy (non-hydrogen) atoms. The van der Waals surface area contributed by atoms with Gasteiger partial charge in [0.2, 0.25) is 0 Å². The molecule has 0 saturated heterocycles. The van der Waals surface area contributed by atoms with Crippen molar-refractivity contribution in [2.45, 2.75) is 12.3 Å². The summed E-state index contributed by atoms with van der Waals surface area (Å²) in [6.07, 6.45) is 0.113. The van der Waals surface area contributed by atoms with Gasteiger partial charge in [0.05, 0.1) is 25.3 Å². The fraction of sp³-hybridized carbons (Fsp3) is 0.188. The Hall–Kier alpha value is -1.99. The predicted molar refractivity (Wildman–Crippen MR) is 91.7 cm³/mol. The van der Waals surface area contributed by atoms with Gasteiger partial charge < -0.3 is 9.84 Å². The Bertz CT molecular complexity index is 848. The fourth-order valence-corrected chi connectivity index (χ4v) is 3.35. The van der Waals surface area contributed by atoms with Gasteiger partial charge in [0.15, 0.2) is 0 Å². The lowest BCUT2D eigenvalue weighted by Gasteiger charge is -2.18. The molecule has 7 heteroatoms. The van der Waals surface area contributed by atoms with Gasteiger partial charge in [0.1, 0.15) is 16.8 Å². The molecule has 1 unspecified atom stereocenters. The number of methoxy groups -OCH3 is 1. The first-order valence-corrected chi connectivity index (χ1v) is 8.39. The number of halogens is 1. The number of phenolic OH excluding ortho intramolecular Hbond substituents is 1. The van der Waals surface area contributed by atoms with Crippen molar-refractivity contribution in [3.63, 3.8) is 0 Å². The van der Waals surface area contributed by atoms with E-state index in [2.05, 4.69) is 24.7 Å². The monoisotopic (exact) mass is 392 g/mol. The van der Waals surface area contributed by atoms with Gasteiger partial charge in [-0.05, 0) is 29.8 Å². The van der Waals surface area contributed by atoms with Crippen molar-refractivity contribution in [3.8, 4) is 5.75 Å². The summed E-state index contributed by atoms with van der Waals surface area (Å²) in [5, 5.41) is 10.4. The molecule has 1 N–H and O–H groups in total. The van der Waals surface area contributed by atoms with Gasteiger partial charge in [-0.2, -0.15) is 8.75 Å². The average molecular weight is 393 g/mol. The molecular formula is C16H13BrN2O3S. The summed E-state index contributed by atoms with van der Waals surface area (Å²) in [6.45, 7) is 0. The van der Waals surface area contributed by atoms with Crippen molar-refractivity contribution < 1.29 is 14.6 Å². The third kappa shape index (κ3) is 3.20. The molecule has 0 amide bonds. The molecule has 0 aliphatic rings. The van der Waals surface area contributed by atoms with Crippen molar-refractivity contribution in [2.24, 2.45) is 0 Å². The minimum absolute atomic E-state index is 0.0991. The van der Waals surface area contributed by atoms with Crippen LogP contribution in [0, 0.1) is 0 Å². The first-order valence-electron chi connectivity index (χ1n) is 6.86. The zero-order chi connectivity index (χ0) is 16.4. The summed E-state index contributed by atoms with van der Waals surface area (Å²) in [7, 11) is 1.35. The maximum Gasteiger partial charge on any atom is 0.306 e. The van der Waals surface area contributed by atoms with Crippen LogP contribution in [0.5, 0.6) is 5.75 Å². The molecule has 1 heterocycles. The number of phenols is 1. The molecule has 0 aliphatic carbocycles. The average Bonchev–Trinajstić information content (AvgIpc) is 3.02. The van der Waals surface area contributed by atoms with Crippen LogP contribution in [0.25, 0.3) is 11.0 Å². The number of hydrogen-bond donors (Lipinski definition) is 1. The first kappa shape index (κ1) is 15.9. The summed E-state index contributed by atoms with van der Waals surface area (Å²) in [5.74, 6) is -0.609. The van der Waals surface area contributed by atoms with E-state index in [0.29, 0.717) is 16.6 Å². The van der Waals surface area contributed by atoms with E-state index in [1.54, 1.807) is 12.1 Å². The zero-order valence-corrected chi connectivity index (χ0v) is 14.6. The third-order valence-electron chi connectivity index (χ3n) is 3.66. The molecule has 0 bridgehead atoms. The molecule has 2 aromatic carbocycles. The van der Waals surface area contributed by atoms with Gasteiger partial charge in [-0.1, -0.05) is 28.1 Å². The highest BCUT2D eigenvalue weighted by Gasteiger charge is 2.25. The van der Waals surface area contributed by atoms with Crippen LogP contribution >= 0.6 is 27.7 Å². The number of rotatable bonds is 4. The van der Waals surface area contributed by atoms with Crippen LogP contribution in [-0.2, 0) is 9.53 Å². The van der Waals surface area contributed by atoms with Crippen molar-refractivity contribution in [3.05, 3.63) is 52.0 Å². The van der Waals surface area contributed by atoms with E-state index in [-0.39, 0.29) is 24.1 Å². The standard InChI is InChI=1S/C16H13BrN2O3S/c1-22-14(21)8-11(9-2-4-10(17)5-3-9)15-13(20)7-6-12-16(15)19-23-18-12/h2-7,11,20H,8H2,1H3. The fourth-order valence-electron chi connectivity index (χ4n) is 2.54. The number of carbonyl (C=O) groups is 1. The number of benzene rings is 2. The van der Waals surface area contributed by atoms with E-state index >= 15 is 0 Å². The molecule has 3 rings (SSSR count). The van der Waals surface area contributed by atoms with Crippen LogP contribution in [0.15, 0.2) is 40.9 Å². The molecule has 118 valence electrons. The lowest BCUT2D eigenvalue weighted by molar-refractivity contribution is -0.140. The van der Waals surface area contributed by atoms with Crippen molar-refractivity contribution >= 4 is 44.7 Å². The van der Waals surface area contributed by atoms with Gasteiger partial charge >= 0.3 is 5.97 Å². The van der Waals surface area contributed by atoms with Crippen molar-refractivity contribution in [1.29, 1.82) is 0 Å². The Morgan fingerprint density at radius 3 is 2.70 bits per heavy atom. The molecule has 0 spiro atoms. The lowest BCUT2D eigenvalue weighted by atomic mass is 9.87. The number of hydrogen-bond acceptors (Lipinski definition) is 6. The molecule has 1 aromatic heterocycles. The Morgan fingerprint density at radius 1 is 1.26 bits per heavy atom. The number of esters is 1. The van der Waals surface area contributed by atoms with Crippen LogP contribution in [0.2, 0.25) is 0 Å². The highest BCUT2D eigenvalue weighted by Crippen LogP contribution is 2.38. The number of ether oxygens (including phenoxy) is 1. The number of aromatic hydroxyl groups is 1. The molecule has 0 fully saturated rings. The van der Waals surface area contributed by atoms with Crippen LogP contribution in [0.3, 0.4) is 0 Å². The van der Waals surface area contributed by atoms with Gasteiger partial charge in [-0.25, -0.2) is 0 Å². The maximum atomic E-state index is 11.9. The first-order chi connectivity index (χ1) is 11.1. The quantitative estimate of drug-likeness (QED) is 0.682. The summed E-state index contributed by atoms with van der Waals surface area (Å²) < 4.78 is 14.2. The van der Waals surface area contributed by atoms with E-state index in [1.807, 2.05) is 24.3 Å². The van der Waals surface area contributed by atoms with E-state index in [4.69, 9.17) is 4.74 Å². The van der Waals surface area contributed by atoms with Crippen LogP contribution in [0.1, 0.15) is 23.5 Å². The third-order valence-corrected chi connectivity index (χ3v) is 4.73. The van der Waals surface area contributed by atoms with Gasteiger partial charge in [0.25, 0.3) is 0 Å². The number of carbonyl (C=O) groups excluding carboxylic acids is 1. The van der Waals surface area contributed by atoms with E-state index < -0.39 is 0 Å². The highest BCUT2D eigenvalue weighted by atomic mass is 79.9. The van der Waals surface area contributed by atoms with Crippen molar-refractivity contribution in [1.82, 2.24) is 8.75 Å². The number of aromatic nitrogens is 2. The Labute approximate surface area is 145 Å². The second kappa shape index (κ2) is 6.64. The van der Waals surface area contributed by atoms with Crippen LogP contribution in [0.4, 0.5) is 0 Å². The minimum atomic E-state index is -0.358.